The van der Waals surface area contributed by atoms with Crippen molar-refractivity contribution in [3.05, 3.63) is 71.5 Å². The van der Waals surface area contributed by atoms with Crippen LogP contribution in [0, 0.1) is 0 Å². The van der Waals surface area contributed by atoms with Crippen molar-refractivity contribution in [3.8, 4) is 0 Å². The molecule has 0 saturated heterocycles. The standard InChI is InChI=1S/C17H18N2O/c1-2-12-6-5-8-14(10-12)17(19-18)16-11-13-7-3-4-9-15(13)20-16/h3-11,17,19H,2,18H2,1H3. The second kappa shape index (κ2) is 5.49. The summed E-state index contributed by atoms with van der Waals surface area (Å²) in [5, 5.41) is 1.09. The zero-order chi connectivity index (χ0) is 13.9. The van der Waals surface area contributed by atoms with Crippen LogP contribution in [0.4, 0.5) is 0 Å². The van der Waals surface area contributed by atoms with Crippen LogP contribution in [0.3, 0.4) is 0 Å². The lowest BCUT2D eigenvalue weighted by molar-refractivity contribution is 0.477. The van der Waals surface area contributed by atoms with E-state index in [-0.39, 0.29) is 6.04 Å². The monoisotopic (exact) mass is 266 g/mol. The number of hydrazine groups is 1. The van der Waals surface area contributed by atoms with E-state index in [1.54, 1.807) is 0 Å². The molecule has 1 atom stereocenters. The van der Waals surface area contributed by atoms with Gasteiger partial charge in [0.05, 0.1) is 0 Å². The summed E-state index contributed by atoms with van der Waals surface area (Å²) < 4.78 is 5.91. The molecule has 0 spiro atoms. The van der Waals surface area contributed by atoms with Gasteiger partial charge in [-0.15, -0.1) is 0 Å². The van der Waals surface area contributed by atoms with Crippen molar-refractivity contribution in [1.29, 1.82) is 0 Å². The molecule has 2 aromatic carbocycles. The first-order valence-corrected chi connectivity index (χ1v) is 6.85. The maximum Gasteiger partial charge on any atom is 0.134 e. The van der Waals surface area contributed by atoms with E-state index in [4.69, 9.17) is 10.3 Å². The first-order chi connectivity index (χ1) is 9.81. The maximum atomic E-state index is 5.91. The Labute approximate surface area is 118 Å². The number of hydrogen-bond acceptors (Lipinski definition) is 3. The van der Waals surface area contributed by atoms with Crippen molar-refractivity contribution in [2.45, 2.75) is 19.4 Å². The molecule has 0 aliphatic carbocycles. The number of furan rings is 1. The van der Waals surface area contributed by atoms with Crippen LogP contribution >= 0.6 is 0 Å². The lowest BCUT2D eigenvalue weighted by Gasteiger charge is -2.14. The summed E-state index contributed by atoms with van der Waals surface area (Å²) in [6, 6.07) is 18.3. The first-order valence-electron chi connectivity index (χ1n) is 6.85. The Morgan fingerprint density at radius 1 is 1.10 bits per heavy atom. The fourth-order valence-electron chi connectivity index (χ4n) is 2.48. The van der Waals surface area contributed by atoms with Crippen LogP contribution < -0.4 is 11.3 Å². The van der Waals surface area contributed by atoms with Gasteiger partial charge < -0.3 is 4.42 Å². The molecule has 3 nitrogen and oxygen atoms in total. The molecule has 0 aliphatic heterocycles. The van der Waals surface area contributed by atoms with Crippen molar-refractivity contribution in [1.82, 2.24) is 5.43 Å². The van der Waals surface area contributed by atoms with Crippen molar-refractivity contribution in [3.63, 3.8) is 0 Å². The van der Waals surface area contributed by atoms with Gasteiger partial charge >= 0.3 is 0 Å². The SMILES string of the molecule is CCc1cccc(C(NN)c2cc3ccccc3o2)c1. The van der Waals surface area contributed by atoms with Crippen LogP contribution in [-0.4, -0.2) is 0 Å². The van der Waals surface area contributed by atoms with Gasteiger partial charge in [0, 0.05) is 5.39 Å². The van der Waals surface area contributed by atoms with Gasteiger partial charge in [0.2, 0.25) is 0 Å². The van der Waals surface area contributed by atoms with Gasteiger partial charge in [-0.2, -0.15) is 0 Å². The molecule has 3 rings (SSSR count). The van der Waals surface area contributed by atoms with Crippen LogP contribution in [-0.2, 0) is 6.42 Å². The summed E-state index contributed by atoms with van der Waals surface area (Å²) in [7, 11) is 0. The van der Waals surface area contributed by atoms with Gasteiger partial charge in [0.15, 0.2) is 0 Å². The molecule has 0 amide bonds. The normalized spacial score (nSPS) is 12.7. The molecule has 102 valence electrons. The van der Waals surface area contributed by atoms with Crippen LogP contribution in [0.5, 0.6) is 0 Å². The Morgan fingerprint density at radius 3 is 2.70 bits per heavy atom. The molecule has 3 N–H and O–H groups in total. The lowest BCUT2D eigenvalue weighted by Crippen LogP contribution is -2.28. The zero-order valence-corrected chi connectivity index (χ0v) is 11.5. The molecule has 1 unspecified atom stereocenters. The molecule has 1 aromatic heterocycles. The van der Waals surface area contributed by atoms with Gasteiger partial charge in [-0.1, -0.05) is 49.4 Å². The van der Waals surface area contributed by atoms with Crippen molar-refractivity contribution < 1.29 is 4.42 Å². The number of aryl methyl sites for hydroxylation is 1. The molecule has 0 fully saturated rings. The van der Waals surface area contributed by atoms with E-state index >= 15 is 0 Å². The van der Waals surface area contributed by atoms with Gasteiger partial charge in [0.25, 0.3) is 0 Å². The molecule has 0 bridgehead atoms. The number of para-hydroxylation sites is 1. The van der Waals surface area contributed by atoms with E-state index in [9.17, 15) is 0 Å². The third kappa shape index (κ3) is 2.33. The highest BCUT2D eigenvalue weighted by Gasteiger charge is 2.17. The van der Waals surface area contributed by atoms with E-state index in [0.717, 1.165) is 28.7 Å². The topological polar surface area (TPSA) is 51.2 Å². The minimum absolute atomic E-state index is 0.131. The average molecular weight is 266 g/mol. The Morgan fingerprint density at radius 2 is 1.95 bits per heavy atom. The average Bonchev–Trinajstić information content (AvgIpc) is 2.91. The number of benzene rings is 2. The largest absolute Gasteiger partial charge is 0.459 e. The van der Waals surface area contributed by atoms with Crippen LogP contribution in [0.1, 0.15) is 29.9 Å². The predicted molar refractivity (Wildman–Crippen MR) is 81.2 cm³/mol. The molecule has 0 radical (unpaired) electrons. The lowest BCUT2D eigenvalue weighted by atomic mass is 10.0. The molecule has 0 saturated carbocycles. The summed E-state index contributed by atoms with van der Waals surface area (Å²) in [6.07, 6.45) is 1.01. The minimum atomic E-state index is -0.131. The highest BCUT2D eigenvalue weighted by atomic mass is 16.3. The Kier molecular flexibility index (Phi) is 3.54. The van der Waals surface area contributed by atoms with E-state index in [0.29, 0.717) is 0 Å². The van der Waals surface area contributed by atoms with Crippen molar-refractivity contribution >= 4 is 11.0 Å². The number of nitrogens with one attached hydrogen (secondary N) is 1. The summed E-state index contributed by atoms with van der Waals surface area (Å²) >= 11 is 0. The van der Waals surface area contributed by atoms with Crippen molar-refractivity contribution in [2.24, 2.45) is 5.84 Å². The zero-order valence-electron chi connectivity index (χ0n) is 11.5. The highest BCUT2D eigenvalue weighted by molar-refractivity contribution is 5.77. The molecular weight excluding hydrogens is 248 g/mol. The highest BCUT2D eigenvalue weighted by Crippen LogP contribution is 2.28. The van der Waals surface area contributed by atoms with E-state index in [1.807, 2.05) is 30.3 Å². The van der Waals surface area contributed by atoms with Crippen LogP contribution in [0.25, 0.3) is 11.0 Å². The van der Waals surface area contributed by atoms with Crippen molar-refractivity contribution in [2.75, 3.05) is 0 Å². The Balaban J connectivity index is 2.03. The van der Waals surface area contributed by atoms with Gasteiger partial charge in [0.1, 0.15) is 17.4 Å². The number of fused-ring (bicyclic) bond motifs is 1. The first kappa shape index (κ1) is 12.9. The summed E-state index contributed by atoms with van der Waals surface area (Å²) in [4.78, 5) is 0. The fourth-order valence-corrected chi connectivity index (χ4v) is 2.48. The molecule has 20 heavy (non-hydrogen) atoms. The molecule has 0 aliphatic rings. The van der Waals surface area contributed by atoms with Gasteiger partial charge in [-0.05, 0) is 29.7 Å². The summed E-state index contributed by atoms with van der Waals surface area (Å²) in [6.45, 7) is 2.14. The number of hydrogen-bond donors (Lipinski definition) is 2. The van der Waals surface area contributed by atoms with Crippen LogP contribution in [0.2, 0.25) is 0 Å². The maximum absolute atomic E-state index is 5.91. The van der Waals surface area contributed by atoms with E-state index in [2.05, 4.69) is 36.6 Å². The van der Waals surface area contributed by atoms with Crippen LogP contribution in [0.15, 0.2) is 59.0 Å². The van der Waals surface area contributed by atoms with Gasteiger partial charge in [-0.25, -0.2) is 5.43 Å². The number of nitrogens with two attached hydrogens (primary N) is 1. The molecule has 3 heteroatoms. The minimum Gasteiger partial charge on any atom is -0.459 e. The quantitative estimate of drug-likeness (QED) is 0.561. The third-order valence-electron chi connectivity index (χ3n) is 3.59. The Bertz CT molecular complexity index is 685. The third-order valence-corrected chi connectivity index (χ3v) is 3.59. The molecule has 1 heterocycles. The van der Waals surface area contributed by atoms with E-state index < -0.39 is 0 Å². The Hall–Kier alpha value is -2.10. The second-order valence-corrected chi connectivity index (χ2v) is 4.88. The summed E-state index contributed by atoms with van der Waals surface area (Å²) in [5.74, 6) is 6.58. The van der Waals surface area contributed by atoms with Gasteiger partial charge in [-0.3, -0.25) is 5.84 Å². The molecule has 3 aromatic rings. The van der Waals surface area contributed by atoms with E-state index in [1.165, 1.54) is 5.56 Å². The number of rotatable bonds is 4. The summed E-state index contributed by atoms with van der Waals surface area (Å²) in [5.41, 5.74) is 6.14. The molecular formula is C17H18N2O. The smallest absolute Gasteiger partial charge is 0.134 e. The predicted octanol–water partition coefficient (Wildman–Crippen LogP) is 3.55. The second-order valence-electron chi connectivity index (χ2n) is 4.88. The fraction of sp³-hybridized carbons (Fsp3) is 0.176.